The number of aryl methyl sites for hydroxylation is 1. The second kappa shape index (κ2) is 6.94. The van der Waals surface area contributed by atoms with E-state index >= 15 is 0 Å². The molecule has 0 unspecified atom stereocenters. The van der Waals surface area contributed by atoms with E-state index in [1.54, 1.807) is 24.4 Å². The Morgan fingerprint density at radius 3 is 2.78 bits per heavy atom. The van der Waals surface area contributed by atoms with Gasteiger partial charge in [0.05, 0.1) is 5.56 Å². The van der Waals surface area contributed by atoms with Crippen LogP contribution in [0.25, 0.3) is 0 Å². The van der Waals surface area contributed by atoms with E-state index in [4.69, 9.17) is 10.00 Å². The van der Waals surface area contributed by atoms with Crippen LogP contribution in [-0.2, 0) is 9.53 Å². The van der Waals surface area contributed by atoms with Crippen LogP contribution in [0.1, 0.15) is 28.4 Å². The summed E-state index contributed by atoms with van der Waals surface area (Å²) in [6.45, 7) is 3.19. The van der Waals surface area contributed by atoms with Crippen LogP contribution < -0.4 is 5.32 Å². The lowest BCUT2D eigenvalue weighted by atomic mass is 10.1. The summed E-state index contributed by atoms with van der Waals surface area (Å²) >= 11 is 1.20. The summed E-state index contributed by atoms with van der Waals surface area (Å²) in [5.74, 6) is -1.55. The van der Waals surface area contributed by atoms with Crippen LogP contribution in [0.15, 0.2) is 29.6 Å². The molecule has 23 heavy (non-hydrogen) atoms. The first-order chi connectivity index (χ1) is 10.9. The van der Waals surface area contributed by atoms with Crippen LogP contribution in [0.5, 0.6) is 5.75 Å². The summed E-state index contributed by atoms with van der Waals surface area (Å²) < 4.78 is 5.05. The number of nitrogens with one attached hydrogen (secondary N) is 1. The summed E-state index contributed by atoms with van der Waals surface area (Å²) in [6, 6.07) is 8.07. The molecule has 2 N–H and O–H groups in total. The zero-order valence-electron chi connectivity index (χ0n) is 12.5. The van der Waals surface area contributed by atoms with Crippen molar-refractivity contribution in [2.75, 3.05) is 5.32 Å². The third-order valence-corrected chi connectivity index (χ3v) is 3.88. The summed E-state index contributed by atoms with van der Waals surface area (Å²) in [7, 11) is 0. The van der Waals surface area contributed by atoms with Crippen molar-refractivity contribution < 1.29 is 19.4 Å². The molecule has 2 aromatic rings. The molecule has 0 radical (unpaired) electrons. The number of rotatable bonds is 4. The molecule has 118 valence electrons. The largest absolute Gasteiger partial charge is 0.507 e. The van der Waals surface area contributed by atoms with Gasteiger partial charge in [-0.15, -0.1) is 11.3 Å². The Balaban J connectivity index is 2.03. The van der Waals surface area contributed by atoms with Gasteiger partial charge in [0, 0.05) is 0 Å². The molecule has 0 aliphatic carbocycles. The van der Waals surface area contributed by atoms with Crippen LogP contribution in [-0.4, -0.2) is 23.1 Å². The number of esters is 1. The number of ether oxygens (including phenoxy) is 1. The quantitative estimate of drug-likeness (QED) is 0.840. The van der Waals surface area contributed by atoms with Gasteiger partial charge in [0.25, 0.3) is 5.91 Å². The highest BCUT2D eigenvalue weighted by atomic mass is 32.1. The maximum Gasteiger partial charge on any atom is 0.342 e. The number of benzene rings is 1. The predicted octanol–water partition coefficient (Wildman–Crippen LogP) is 2.82. The van der Waals surface area contributed by atoms with Crippen molar-refractivity contribution >= 4 is 28.2 Å². The zero-order chi connectivity index (χ0) is 17.0. The number of amides is 1. The van der Waals surface area contributed by atoms with Gasteiger partial charge in [-0.3, -0.25) is 4.79 Å². The minimum atomic E-state index is -1.07. The zero-order valence-corrected chi connectivity index (χ0v) is 13.3. The van der Waals surface area contributed by atoms with E-state index in [1.807, 2.05) is 6.07 Å². The minimum absolute atomic E-state index is 0.0101. The Morgan fingerprint density at radius 1 is 1.39 bits per heavy atom. The van der Waals surface area contributed by atoms with Crippen molar-refractivity contribution in [3.63, 3.8) is 0 Å². The second-order valence-electron chi connectivity index (χ2n) is 4.83. The van der Waals surface area contributed by atoms with E-state index in [1.165, 1.54) is 30.4 Å². The first kappa shape index (κ1) is 16.5. The number of carbonyl (C=O) groups is 2. The van der Waals surface area contributed by atoms with Gasteiger partial charge in [-0.2, -0.15) is 5.26 Å². The van der Waals surface area contributed by atoms with Crippen molar-refractivity contribution in [1.82, 2.24) is 0 Å². The van der Waals surface area contributed by atoms with Gasteiger partial charge in [0.1, 0.15) is 22.4 Å². The Kier molecular flexibility index (Phi) is 4.98. The molecule has 0 saturated carbocycles. The Labute approximate surface area is 136 Å². The molecule has 6 nitrogen and oxygen atoms in total. The monoisotopic (exact) mass is 330 g/mol. The molecule has 1 amide bonds. The van der Waals surface area contributed by atoms with E-state index < -0.39 is 18.0 Å². The molecule has 7 heteroatoms. The number of nitrogens with zero attached hydrogens (tertiary/aromatic N) is 1. The highest BCUT2D eigenvalue weighted by molar-refractivity contribution is 7.14. The number of hydrogen-bond donors (Lipinski definition) is 2. The maximum atomic E-state index is 12.0. The number of thiophene rings is 1. The molecule has 0 aliphatic rings. The molecule has 1 aromatic heterocycles. The van der Waals surface area contributed by atoms with Gasteiger partial charge in [-0.1, -0.05) is 6.07 Å². The lowest BCUT2D eigenvalue weighted by Gasteiger charge is -2.13. The highest BCUT2D eigenvalue weighted by Crippen LogP contribution is 2.23. The van der Waals surface area contributed by atoms with Gasteiger partial charge in [0.2, 0.25) is 0 Å². The predicted molar refractivity (Wildman–Crippen MR) is 85.4 cm³/mol. The van der Waals surface area contributed by atoms with E-state index in [-0.39, 0.29) is 11.3 Å². The topological polar surface area (TPSA) is 99.4 Å². The fourth-order valence-corrected chi connectivity index (χ4v) is 2.54. The van der Waals surface area contributed by atoms with Crippen LogP contribution in [0.2, 0.25) is 0 Å². The number of aromatic hydroxyl groups is 1. The van der Waals surface area contributed by atoms with Gasteiger partial charge in [0.15, 0.2) is 6.10 Å². The standard InChI is InChI=1S/C16H14N2O4S/c1-9-3-4-12(13(19)7-9)16(21)22-10(2)14(20)18-15-11(8-17)5-6-23-15/h3-7,10,19H,1-2H3,(H,18,20)/t10-/m1/s1. The van der Waals surface area contributed by atoms with Crippen LogP contribution in [0.3, 0.4) is 0 Å². The third-order valence-electron chi connectivity index (χ3n) is 3.05. The van der Waals surface area contributed by atoms with Gasteiger partial charge < -0.3 is 15.2 Å². The third kappa shape index (κ3) is 3.87. The van der Waals surface area contributed by atoms with Crippen molar-refractivity contribution in [3.8, 4) is 11.8 Å². The fraction of sp³-hybridized carbons (Fsp3) is 0.188. The molecule has 1 atom stereocenters. The number of nitriles is 1. The van der Waals surface area contributed by atoms with Crippen molar-refractivity contribution in [1.29, 1.82) is 5.26 Å². The summed E-state index contributed by atoms with van der Waals surface area (Å²) in [6.07, 6.45) is -1.07. The average Bonchev–Trinajstić information content (AvgIpc) is 2.94. The van der Waals surface area contributed by atoms with Gasteiger partial charge in [-0.25, -0.2) is 4.79 Å². The van der Waals surface area contributed by atoms with Crippen LogP contribution in [0.4, 0.5) is 5.00 Å². The average molecular weight is 330 g/mol. The number of anilines is 1. The first-order valence-electron chi connectivity index (χ1n) is 6.71. The van der Waals surface area contributed by atoms with Crippen molar-refractivity contribution in [2.24, 2.45) is 0 Å². The van der Waals surface area contributed by atoms with Gasteiger partial charge in [-0.05, 0) is 43.0 Å². The SMILES string of the molecule is Cc1ccc(C(=O)O[C@H](C)C(=O)Nc2sccc2C#N)c(O)c1. The van der Waals surface area contributed by atoms with Crippen LogP contribution in [0, 0.1) is 18.3 Å². The molecule has 0 fully saturated rings. The Bertz CT molecular complexity index is 792. The molecular weight excluding hydrogens is 316 g/mol. The molecule has 0 saturated heterocycles. The molecule has 0 spiro atoms. The molecule has 2 rings (SSSR count). The highest BCUT2D eigenvalue weighted by Gasteiger charge is 2.22. The van der Waals surface area contributed by atoms with E-state index in [2.05, 4.69) is 5.32 Å². The Hall–Kier alpha value is -2.85. The lowest BCUT2D eigenvalue weighted by molar-refractivity contribution is -0.123. The van der Waals surface area contributed by atoms with Gasteiger partial charge >= 0.3 is 5.97 Å². The minimum Gasteiger partial charge on any atom is -0.507 e. The number of phenols is 1. The van der Waals surface area contributed by atoms with E-state index in [9.17, 15) is 14.7 Å². The van der Waals surface area contributed by atoms with Crippen molar-refractivity contribution in [2.45, 2.75) is 20.0 Å². The number of carbonyl (C=O) groups excluding carboxylic acids is 2. The van der Waals surface area contributed by atoms with Crippen molar-refractivity contribution in [3.05, 3.63) is 46.3 Å². The Morgan fingerprint density at radius 2 is 2.13 bits per heavy atom. The second-order valence-corrected chi connectivity index (χ2v) is 5.75. The van der Waals surface area contributed by atoms with Crippen LogP contribution >= 0.6 is 11.3 Å². The lowest BCUT2D eigenvalue weighted by Crippen LogP contribution is -2.30. The summed E-state index contributed by atoms with van der Waals surface area (Å²) in [4.78, 5) is 24.0. The summed E-state index contributed by atoms with van der Waals surface area (Å²) in [5.41, 5.74) is 1.13. The normalized spacial score (nSPS) is 11.3. The summed E-state index contributed by atoms with van der Waals surface area (Å²) in [5, 5.41) is 23.3. The number of phenolic OH excluding ortho intramolecular Hbond substituents is 1. The molecular formula is C16H14N2O4S. The fourth-order valence-electron chi connectivity index (χ4n) is 1.80. The number of hydrogen-bond acceptors (Lipinski definition) is 6. The van der Waals surface area contributed by atoms with E-state index in [0.717, 1.165) is 5.56 Å². The molecule has 0 aliphatic heterocycles. The molecule has 0 bridgehead atoms. The smallest absolute Gasteiger partial charge is 0.342 e. The molecule has 1 heterocycles. The van der Waals surface area contributed by atoms with E-state index in [0.29, 0.717) is 10.6 Å². The molecule has 1 aromatic carbocycles. The first-order valence-corrected chi connectivity index (χ1v) is 7.59. The maximum absolute atomic E-state index is 12.0.